The van der Waals surface area contributed by atoms with Gasteiger partial charge in [-0.2, -0.15) is 11.8 Å². The molecule has 1 aromatic heterocycles. The minimum Gasteiger partial charge on any atom is -0.348 e. The highest BCUT2D eigenvalue weighted by Crippen LogP contribution is 2.38. The third-order valence-electron chi connectivity index (χ3n) is 5.09. The molecule has 1 amide bonds. The van der Waals surface area contributed by atoms with Gasteiger partial charge in [-0.25, -0.2) is 4.98 Å². The number of piperidine rings is 2. The Morgan fingerprint density at radius 2 is 2.04 bits per heavy atom. The summed E-state index contributed by atoms with van der Waals surface area (Å²) in [6, 6.07) is 0. The molecule has 0 aromatic carbocycles. The molecule has 0 aliphatic carbocycles. The van der Waals surface area contributed by atoms with Crippen LogP contribution in [-0.4, -0.2) is 52.7 Å². The molecule has 24 heavy (non-hydrogen) atoms. The van der Waals surface area contributed by atoms with Crippen molar-refractivity contribution in [3.05, 3.63) is 17.7 Å². The molecule has 2 saturated heterocycles. The molecule has 0 unspecified atom stereocenters. The Hall–Kier alpha value is -0.430. The van der Waals surface area contributed by atoms with E-state index in [9.17, 15) is 4.79 Å². The molecule has 0 saturated carbocycles. The van der Waals surface area contributed by atoms with Crippen LogP contribution >= 0.6 is 36.6 Å². The lowest BCUT2D eigenvalue weighted by molar-refractivity contribution is -0.138. The number of aryl methyl sites for hydroxylation is 1. The first kappa shape index (κ1) is 21.6. The van der Waals surface area contributed by atoms with Gasteiger partial charge in [0.2, 0.25) is 5.91 Å². The predicted molar refractivity (Wildman–Crippen MR) is 104 cm³/mol. The fraction of sp³-hybridized carbons (Fsp3) is 0.750. The van der Waals surface area contributed by atoms with Crippen molar-refractivity contribution in [2.45, 2.75) is 38.4 Å². The summed E-state index contributed by atoms with van der Waals surface area (Å²) < 4.78 is 0. The van der Waals surface area contributed by atoms with Gasteiger partial charge in [-0.3, -0.25) is 4.79 Å². The first-order valence-electron chi connectivity index (χ1n) is 8.24. The third kappa shape index (κ3) is 5.28. The Bertz CT molecular complexity index is 520. The number of halogens is 2. The van der Waals surface area contributed by atoms with Crippen LogP contribution in [0.1, 0.15) is 37.1 Å². The summed E-state index contributed by atoms with van der Waals surface area (Å²) in [5.41, 5.74) is 2.67. The number of thioether (sulfide) groups is 1. The number of imidazole rings is 1. The van der Waals surface area contributed by atoms with Gasteiger partial charge in [-0.15, -0.1) is 24.8 Å². The van der Waals surface area contributed by atoms with Crippen LogP contribution in [0.5, 0.6) is 0 Å². The van der Waals surface area contributed by atoms with E-state index in [2.05, 4.69) is 27.1 Å². The average Bonchev–Trinajstić information content (AvgIpc) is 2.93. The summed E-state index contributed by atoms with van der Waals surface area (Å²) in [5, 5.41) is 3.44. The lowest BCUT2D eigenvalue weighted by Gasteiger charge is -2.45. The van der Waals surface area contributed by atoms with Crippen molar-refractivity contribution in [3.63, 3.8) is 0 Å². The van der Waals surface area contributed by atoms with Crippen LogP contribution < -0.4 is 5.32 Å². The zero-order valence-electron chi connectivity index (χ0n) is 14.2. The second kappa shape index (κ2) is 9.90. The Kier molecular flexibility index (Phi) is 8.91. The van der Waals surface area contributed by atoms with Crippen LogP contribution in [0.2, 0.25) is 0 Å². The predicted octanol–water partition coefficient (Wildman–Crippen LogP) is 2.79. The zero-order chi connectivity index (χ0) is 15.4. The van der Waals surface area contributed by atoms with E-state index in [0.29, 0.717) is 11.3 Å². The molecule has 2 N–H and O–H groups in total. The quantitative estimate of drug-likeness (QED) is 0.753. The van der Waals surface area contributed by atoms with Crippen LogP contribution in [0.4, 0.5) is 0 Å². The Morgan fingerprint density at radius 1 is 1.29 bits per heavy atom. The Balaban J connectivity index is 0.00000144. The highest BCUT2D eigenvalue weighted by Gasteiger charge is 2.39. The molecule has 8 heteroatoms. The average molecular weight is 395 g/mol. The molecule has 138 valence electrons. The van der Waals surface area contributed by atoms with Crippen molar-refractivity contribution >= 4 is 42.5 Å². The number of rotatable bonds is 5. The van der Waals surface area contributed by atoms with Gasteiger partial charge in [0.1, 0.15) is 0 Å². The second-order valence-electron chi connectivity index (χ2n) is 6.59. The first-order chi connectivity index (χ1) is 10.7. The molecule has 2 fully saturated rings. The van der Waals surface area contributed by atoms with Gasteiger partial charge in [0.25, 0.3) is 0 Å². The maximum atomic E-state index is 12.2. The number of carbonyl (C=O) groups is 1. The third-order valence-corrected chi connectivity index (χ3v) is 6.04. The van der Waals surface area contributed by atoms with Gasteiger partial charge in [-0.1, -0.05) is 0 Å². The first-order valence-corrected chi connectivity index (χ1v) is 9.39. The largest absolute Gasteiger partial charge is 0.348 e. The van der Waals surface area contributed by atoms with E-state index >= 15 is 0 Å². The molecule has 1 spiro atoms. The number of nitrogens with one attached hydrogen (secondary N) is 2. The van der Waals surface area contributed by atoms with Crippen molar-refractivity contribution in [3.8, 4) is 0 Å². The molecule has 0 radical (unpaired) electrons. The lowest BCUT2D eigenvalue weighted by Crippen LogP contribution is -2.51. The summed E-state index contributed by atoms with van der Waals surface area (Å²) in [6.45, 7) is 6.11. The normalized spacial score (nSPS) is 19.7. The highest BCUT2D eigenvalue weighted by atomic mass is 35.5. The second-order valence-corrected chi connectivity index (χ2v) is 7.70. The number of H-pyrrole nitrogens is 1. The number of nitrogens with zero attached hydrogens (tertiary/aromatic N) is 2. The highest BCUT2D eigenvalue weighted by molar-refractivity contribution is 7.98. The number of amides is 1. The van der Waals surface area contributed by atoms with E-state index in [0.717, 1.165) is 61.9 Å². The summed E-state index contributed by atoms with van der Waals surface area (Å²) in [5.74, 6) is 2.26. The SMILES string of the molecule is Cc1[nH]cnc1CSCCN1CC2(CCNCC2)CCC1=O.Cl.Cl. The molecule has 5 nitrogen and oxygen atoms in total. The summed E-state index contributed by atoms with van der Waals surface area (Å²) >= 11 is 1.87. The van der Waals surface area contributed by atoms with E-state index < -0.39 is 0 Å². The van der Waals surface area contributed by atoms with Crippen LogP contribution in [-0.2, 0) is 10.5 Å². The van der Waals surface area contributed by atoms with Gasteiger partial charge in [0.15, 0.2) is 0 Å². The van der Waals surface area contributed by atoms with Crippen molar-refractivity contribution in [1.82, 2.24) is 20.2 Å². The van der Waals surface area contributed by atoms with Crippen LogP contribution in [0.15, 0.2) is 6.33 Å². The molecule has 0 atom stereocenters. The monoisotopic (exact) mass is 394 g/mol. The number of aromatic nitrogens is 2. The van der Waals surface area contributed by atoms with E-state index in [4.69, 9.17) is 0 Å². The molecule has 3 heterocycles. The fourth-order valence-electron chi connectivity index (χ4n) is 3.55. The van der Waals surface area contributed by atoms with E-state index in [1.165, 1.54) is 12.8 Å². The minimum atomic E-state index is 0. The van der Waals surface area contributed by atoms with Crippen LogP contribution in [0.25, 0.3) is 0 Å². The lowest BCUT2D eigenvalue weighted by atomic mass is 9.73. The number of likely N-dealkylation sites (tertiary alicyclic amines) is 1. The molecule has 0 bridgehead atoms. The van der Waals surface area contributed by atoms with Gasteiger partial charge in [-0.05, 0) is 44.7 Å². The summed E-state index contributed by atoms with van der Waals surface area (Å²) in [6.07, 6.45) is 6.01. The maximum absolute atomic E-state index is 12.2. The van der Waals surface area contributed by atoms with Crippen molar-refractivity contribution in [1.29, 1.82) is 0 Å². The van der Waals surface area contributed by atoms with E-state index in [-0.39, 0.29) is 24.8 Å². The Morgan fingerprint density at radius 3 is 2.71 bits per heavy atom. The van der Waals surface area contributed by atoms with Crippen molar-refractivity contribution in [2.24, 2.45) is 5.41 Å². The van der Waals surface area contributed by atoms with Gasteiger partial charge in [0.05, 0.1) is 12.0 Å². The summed E-state index contributed by atoms with van der Waals surface area (Å²) in [4.78, 5) is 21.7. The van der Waals surface area contributed by atoms with E-state index in [1.807, 2.05) is 11.8 Å². The van der Waals surface area contributed by atoms with Crippen LogP contribution in [0.3, 0.4) is 0 Å². The summed E-state index contributed by atoms with van der Waals surface area (Å²) in [7, 11) is 0. The van der Waals surface area contributed by atoms with Crippen LogP contribution in [0, 0.1) is 12.3 Å². The van der Waals surface area contributed by atoms with Gasteiger partial charge >= 0.3 is 0 Å². The molecule has 3 rings (SSSR count). The van der Waals surface area contributed by atoms with Crippen molar-refractivity contribution < 1.29 is 4.79 Å². The van der Waals surface area contributed by atoms with E-state index in [1.54, 1.807) is 6.33 Å². The van der Waals surface area contributed by atoms with Gasteiger partial charge in [0, 0.05) is 36.7 Å². The number of hydrogen-bond acceptors (Lipinski definition) is 4. The topological polar surface area (TPSA) is 61.0 Å². The van der Waals surface area contributed by atoms with Gasteiger partial charge < -0.3 is 15.2 Å². The number of aromatic amines is 1. The molecular weight excluding hydrogens is 367 g/mol. The molecular formula is C16H28Cl2N4OS. The minimum absolute atomic E-state index is 0. The number of carbonyl (C=O) groups excluding carboxylic acids is 1. The smallest absolute Gasteiger partial charge is 0.222 e. The fourth-order valence-corrected chi connectivity index (χ4v) is 4.53. The standard InChI is InChI=1S/C16H26N4OS.2ClH/c1-13-14(19-12-18-13)10-22-9-8-20-11-16(3-2-15(20)21)4-6-17-7-5-16;;/h12,17H,2-11H2,1H3,(H,18,19);2*1H. The Labute approximate surface area is 160 Å². The zero-order valence-corrected chi connectivity index (χ0v) is 16.6. The van der Waals surface area contributed by atoms with Crippen molar-refractivity contribution in [2.75, 3.05) is 31.9 Å². The number of hydrogen-bond donors (Lipinski definition) is 2. The maximum Gasteiger partial charge on any atom is 0.222 e. The molecule has 2 aliphatic rings. The molecule has 1 aromatic rings. The molecule has 2 aliphatic heterocycles.